The minimum absolute atomic E-state index is 0.471. The highest BCUT2D eigenvalue weighted by Gasteiger charge is 2.08. The molecule has 0 saturated carbocycles. The fourth-order valence-electron chi connectivity index (χ4n) is 2.57. The van der Waals surface area contributed by atoms with Gasteiger partial charge in [0.15, 0.2) is 5.96 Å². The van der Waals surface area contributed by atoms with Crippen molar-refractivity contribution in [1.82, 2.24) is 15.6 Å². The van der Waals surface area contributed by atoms with Gasteiger partial charge in [-0.15, -0.1) is 11.3 Å². The molecule has 1 aromatic carbocycles. The van der Waals surface area contributed by atoms with Crippen LogP contribution in [0.25, 0.3) is 0 Å². The summed E-state index contributed by atoms with van der Waals surface area (Å²) in [5.41, 5.74) is 2.38. The van der Waals surface area contributed by atoms with E-state index in [-0.39, 0.29) is 0 Å². The lowest BCUT2D eigenvalue weighted by molar-refractivity contribution is 0.414. The molecule has 2 aromatic rings. The molecule has 2 N–H and O–H groups in total. The normalized spacial score (nSPS) is 12.9. The van der Waals surface area contributed by atoms with Crippen LogP contribution in [0.1, 0.15) is 55.3 Å². The van der Waals surface area contributed by atoms with Crippen LogP contribution in [0.4, 0.5) is 0 Å². The highest BCUT2D eigenvalue weighted by atomic mass is 32.1. The van der Waals surface area contributed by atoms with Crippen molar-refractivity contribution in [1.29, 1.82) is 0 Å². The van der Waals surface area contributed by atoms with Crippen molar-refractivity contribution in [2.24, 2.45) is 4.99 Å². The van der Waals surface area contributed by atoms with Crippen LogP contribution < -0.4 is 15.4 Å². The largest absolute Gasteiger partial charge is 0.497 e. The molecule has 0 spiro atoms. The third-order valence-electron chi connectivity index (χ3n) is 4.28. The lowest BCUT2D eigenvalue weighted by Gasteiger charge is -2.15. The van der Waals surface area contributed by atoms with E-state index >= 15 is 0 Å². The molecule has 0 aliphatic rings. The molecule has 1 aromatic heterocycles. The maximum Gasteiger partial charge on any atom is 0.191 e. The molecule has 1 heterocycles. The summed E-state index contributed by atoms with van der Waals surface area (Å²) in [6, 6.07) is 8.29. The zero-order chi connectivity index (χ0) is 18.9. The number of ether oxygens (including phenoxy) is 1. The first-order valence-corrected chi connectivity index (χ1v) is 9.94. The van der Waals surface area contributed by atoms with E-state index in [4.69, 9.17) is 4.74 Å². The Morgan fingerprint density at radius 1 is 1.19 bits per heavy atom. The molecule has 142 valence electrons. The Hall–Kier alpha value is -2.08. The lowest BCUT2D eigenvalue weighted by Crippen LogP contribution is -2.37. The maximum atomic E-state index is 5.21. The summed E-state index contributed by atoms with van der Waals surface area (Å²) in [5.74, 6) is 2.65. The first kappa shape index (κ1) is 20.2. The first-order chi connectivity index (χ1) is 12.5. The van der Waals surface area contributed by atoms with Gasteiger partial charge in [-0.2, -0.15) is 0 Å². The summed E-state index contributed by atoms with van der Waals surface area (Å²) in [6.07, 6.45) is 1.03. The minimum atomic E-state index is 0.471. The summed E-state index contributed by atoms with van der Waals surface area (Å²) in [5, 5.41) is 10.0. The van der Waals surface area contributed by atoms with E-state index in [0.29, 0.717) is 18.4 Å². The number of rotatable bonds is 8. The number of hydrogen-bond donors (Lipinski definition) is 2. The first-order valence-electron chi connectivity index (χ1n) is 9.06. The molecular weight excluding hydrogens is 344 g/mol. The number of guanidine groups is 1. The quantitative estimate of drug-likeness (QED) is 0.539. The van der Waals surface area contributed by atoms with E-state index in [0.717, 1.165) is 30.4 Å². The molecule has 0 fully saturated rings. The fourth-order valence-corrected chi connectivity index (χ4v) is 3.41. The lowest BCUT2D eigenvalue weighted by atomic mass is 9.98. The molecule has 5 nitrogen and oxygen atoms in total. The molecule has 1 unspecified atom stereocenters. The van der Waals surface area contributed by atoms with Gasteiger partial charge in [0.1, 0.15) is 5.75 Å². The second-order valence-corrected chi connectivity index (χ2v) is 7.54. The van der Waals surface area contributed by atoms with Crippen LogP contribution in [0.15, 0.2) is 34.6 Å². The second kappa shape index (κ2) is 10.2. The molecule has 0 amide bonds. The van der Waals surface area contributed by atoms with Crippen molar-refractivity contribution in [2.45, 2.75) is 45.6 Å². The van der Waals surface area contributed by atoms with E-state index < -0.39 is 0 Å². The Balaban J connectivity index is 1.75. The van der Waals surface area contributed by atoms with Crippen LogP contribution in [-0.4, -0.2) is 31.6 Å². The van der Waals surface area contributed by atoms with Gasteiger partial charge in [-0.05, 0) is 30.0 Å². The standard InChI is InChI=1S/C20H30N4OS/c1-14(2)19-24-17(13-26-19)12-23-20(21-4)22-11-10-15(3)16-6-8-18(25-5)9-7-16/h6-9,13-15H,10-12H2,1-5H3,(H2,21,22,23). The second-order valence-electron chi connectivity index (χ2n) is 6.65. The number of methoxy groups -OCH3 is 1. The van der Waals surface area contributed by atoms with Crippen LogP contribution in [0, 0.1) is 0 Å². The highest BCUT2D eigenvalue weighted by molar-refractivity contribution is 7.09. The van der Waals surface area contributed by atoms with Gasteiger partial charge in [0.25, 0.3) is 0 Å². The number of aliphatic imine (C=N–C) groups is 1. The SMILES string of the molecule is CN=C(NCCC(C)c1ccc(OC)cc1)NCc1csc(C(C)C)n1. The Kier molecular flexibility index (Phi) is 7.91. The van der Waals surface area contributed by atoms with E-state index in [1.54, 1.807) is 25.5 Å². The molecular formula is C20H30N4OS. The zero-order valence-electron chi connectivity index (χ0n) is 16.4. The van der Waals surface area contributed by atoms with E-state index in [1.807, 2.05) is 12.1 Å². The molecule has 6 heteroatoms. The minimum Gasteiger partial charge on any atom is -0.497 e. The van der Waals surface area contributed by atoms with Crippen LogP contribution in [0.3, 0.4) is 0 Å². The van der Waals surface area contributed by atoms with Gasteiger partial charge < -0.3 is 15.4 Å². The monoisotopic (exact) mass is 374 g/mol. The Morgan fingerprint density at radius 3 is 2.50 bits per heavy atom. The van der Waals surface area contributed by atoms with Crippen molar-refractivity contribution >= 4 is 17.3 Å². The summed E-state index contributed by atoms with van der Waals surface area (Å²) in [4.78, 5) is 8.93. The summed E-state index contributed by atoms with van der Waals surface area (Å²) in [6.45, 7) is 8.13. The van der Waals surface area contributed by atoms with E-state index in [9.17, 15) is 0 Å². The fraction of sp³-hybridized carbons (Fsp3) is 0.500. The molecule has 0 saturated heterocycles. The molecule has 0 aliphatic carbocycles. The van der Waals surface area contributed by atoms with Crippen LogP contribution in [-0.2, 0) is 6.54 Å². The van der Waals surface area contributed by atoms with Gasteiger partial charge >= 0.3 is 0 Å². The molecule has 0 bridgehead atoms. The third-order valence-corrected chi connectivity index (χ3v) is 5.47. The topological polar surface area (TPSA) is 58.5 Å². The Bertz CT molecular complexity index is 694. The Labute approximate surface area is 160 Å². The molecule has 0 radical (unpaired) electrons. The number of nitrogens with one attached hydrogen (secondary N) is 2. The van der Waals surface area contributed by atoms with Crippen molar-refractivity contribution in [3.05, 3.63) is 45.9 Å². The molecule has 1 atom stereocenters. The van der Waals surface area contributed by atoms with Crippen molar-refractivity contribution in [2.75, 3.05) is 20.7 Å². The number of hydrogen-bond acceptors (Lipinski definition) is 4. The van der Waals surface area contributed by atoms with Crippen LogP contribution in [0.2, 0.25) is 0 Å². The number of benzene rings is 1. The van der Waals surface area contributed by atoms with Gasteiger partial charge in [0.05, 0.1) is 24.4 Å². The summed E-state index contributed by atoms with van der Waals surface area (Å²) >= 11 is 1.72. The Morgan fingerprint density at radius 2 is 1.92 bits per heavy atom. The predicted octanol–water partition coefficient (Wildman–Crippen LogP) is 4.13. The number of nitrogens with zero attached hydrogens (tertiary/aromatic N) is 2. The third kappa shape index (κ3) is 6.02. The van der Waals surface area contributed by atoms with Gasteiger partial charge in [0.2, 0.25) is 0 Å². The molecule has 2 rings (SSSR count). The maximum absolute atomic E-state index is 5.21. The van der Waals surface area contributed by atoms with Gasteiger partial charge in [0, 0.05) is 24.9 Å². The molecule has 26 heavy (non-hydrogen) atoms. The zero-order valence-corrected chi connectivity index (χ0v) is 17.2. The van der Waals surface area contributed by atoms with Gasteiger partial charge in [-0.3, -0.25) is 4.99 Å². The van der Waals surface area contributed by atoms with Crippen molar-refractivity contribution < 1.29 is 4.74 Å². The average Bonchev–Trinajstić information content (AvgIpc) is 3.13. The number of thiazole rings is 1. The predicted molar refractivity (Wildman–Crippen MR) is 110 cm³/mol. The highest BCUT2D eigenvalue weighted by Crippen LogP contribution is 2.21. The molecule has 0 aliphatic heterocycles. The van der Waals surface area contributed by atoms with Crippen molar-refractivity contribution in [3.63, 3.8) is 0 Å². The van der Waals surface area contributed by atoms with Crippen LogP contribution >= 0.6 is 11.3 Å². The van der Waals surface area contributed by atoms with Crippen molar-refractivity contribution in [3.8, 4) is 5.75 Å². The van der Waals surface area contributed by atoms with E-state index in [2.05, 4.69) is 58.9 Å². The smallest absolute Gasteiger partial charge is 0.191 e. The number of aromatic nitrogens is 1. The van der Waals surface area contributed by atoms with Crippen LogP contribution in [0.5, 0.6) is 5.75 Å². The van der Waals surface area contributed by atoms with Gasteiger partial charge in [-0.25, -0.2) is 4.98 Å². The average molecular weight is 375 g/mol. The van der Waals surface area contributed by atoms with Gasteiger partial charge in [-0.1, -0.05) is 32.9 Å². The van der Waals surface area contributed by atoms with E-state index in [1.165, 1.54) is 10.6 Å². The summed E-state index contributed by atoms with van der Waals surface area (Å²) in [7, 11) is 3.49. The summed E-state index contributed by atoms with van der Waals surface area (Å²) < 4.78 is 5.21.